The topological polar surface area (TPSA) is 23.5 Å². The quantitative estimate of drug-likeness (QED) is 0.921. The molecule has 2 rings (SSSR count). The highest BCUT2D eigenvalue weighted by molar-refractivity contribution is 6.30. The van der Waals surface area contributed by atoms with Gasteiger partial charge in [0.1, 0.15) is 5.82 Å². The summed E-state index contributed by atoms with van der Waals surface area (Å²) in [5, 5.41) is 10.9. The van der Waals surface area contributed by atoms with E-state index in [0.717, 1.165) is 19.5 Å². The van der Waals surface area contributed by atoms with Crippen molar-refractivity contribution in [1.82, 2.24) is 4.90 Å². The van der Waals surface area contributed by atoms with E-state index < -0.39 is 11.4 Å². The van der Waals surface area contributed by atoms with E-state index >= 15 is 0 Å². The number of likely N-dealkylation sites (tertiary alicyclic amines) is 1. The molecule has 1 aromatic carbocycles. The number of halogens is 2. The molecule has 1 saturated heterocycles. The fraction of sp³-hybridized carbons (Fsp3) is 0.625. The summed E-state index contributed by atoms with van der Waals surface area (Å²) < 4.78 is 14.0. The minimum atomic E-state index is -0.824. The van der Waals surface area contributed by atoms with Gasteiger partial charge in [-0.2, -0.15) is 0 Å². The highest BCUT2D eigenvalue weighted by Crippen LogP contribution is 2.29. The molecule has 0 spiro atoms. The fourth-order valence-electron chi connectivity index (χ4n) is 2.93. The first-order valence-electron chi connectivity index (χ1n) is 7.31. The van der Waals surface area contributed by atoms with Crippen LogP contribution >= 0.6 is 11.6 Å². The Morgan fingerprint density at radius 1 is 1.35 bits per heavy atom. The minimum absolute atomic E-state index is 0.128. The molecule has 4 heteroatoms. The van der Waals surface area contributed by atoms with Crippen LogP contribution in [0, 0.1) is 5.82 Å². The van der Waals surface area contributed by atoms with Crippen molar-refractivity contribution >= 4 is 11.6 Å². The first-order chi connectivity index (χ1) is 9.41. The molecule has 1 aliphatic heterocycles. The molecule has 1 fully saturated rings. The summed E-state index contributed by atoms with van der Waals surface area (Å²) in [6.07, 6.45) is 2.67. The van der Waals surface area contributed by atoms with E-state index in [9.17, 15) is 9.50 Å². The number of aliphatic hydroxyl groups is 1. The summed E-state index contributed by atoms with van der Waals surface area (Å²) in [5.41, 5.74) is -0.312. The zero-order valence-electron chi connectivity index (χ0n) is 12.2. The number of benzene rings is 1. The van der Waals surface area contributed by atoms with Crippen molar-refractivity contribution in [3.63, 3.8) is 0 Å². The lowest BCUT2D eigenvalue weighted by molar-refractivity contribution is 0.0241. The number of nitrogens with zero attached hydrogens (tertiary/aromatic N) is 1. The minimum Gasteiger partial charge on any atom is -0.389 e. The molecule has 0 aliphatic carbocycles. The largest absolute Gasteiger partial charge is 0.389 e. The van der Waals surface area contributed by atoms with E-state index in [4.69, 9.17) is 11.6 Å². The second-order valence-corrected chi connectivity index (χ2v) is 6.50. The maximum absolute atomic E-state index is 14.0. The predicted molar refractivity (Wildman–Crippen MR) is 80.6 cm³/mol. The maximum Gasteiger partial charge on any atom is 0.145 e. The van der Waals surface area contributed by atoms with Crippen molar-refractivity contribution in [2.75, 3.05) is 13.1 Å². The number of hydrogen-bond donors (Lipinski definition) is 1. The average molecular weight is 300 g/mol. The second-order valence-electron chi connectivity index (χ2n) is 6.10. The number of rotatable bonds is 3. The van der Waals surface area contributed by atoms with Gasteiger partial charge >= 0.3 is 0 Å². The molecule has 112 valence electrons. The molecule has 20 heavy (non-hydrogen) atoms. The lowest BCUT2D eigenvalue weighted by Crippen LogP contribution is -2.35. The van der Waals surface area contributed by atoms with Gasteiger partial charge in [0, 0.05) is 19.0 Å². The highest BCUT2D eigenvalue weighted by atomic mass is 35.5. The van der Waals surface area contributed by atoms with Gasteiger partial charge in [0.05, 0.1) is 10.6 Å². The van der Waals surface area contributed by atoms with E-state index in [-0.39, 0.29) is 5.02 Å². The summed E-state index contributed by atoms with van der Waals surface area (Å²) in [5.74, 6) is -0.396. The first kappa shape index (κ1) is 15.7. The van der Waals surface area contributed by atoms with Crippen LogP contribution in [0.25, 0.3) is 0 Å². The molecule has 2 nitrogen and oxygen atoms in total. The van der Waals surface area contributed by atoms with Gasteiger partial charge in [-0.05, 0) is 51.3 Å². The van der Waals surface area contributed by atoms with E-state index in [1.54, 1.807) is 12.1 Å². The standard InChI is InChI=1S/C16H23ClFNO/c1-12(2)19-9-4-7-16(20,8-10-19)11-13-5-3-6-14(17)15(13)18/h3,5-6,12,20H,4,7-11H2,1-2H3. The van der Waals surface area contributed by atoms with Crippen LogP contribution in [-0.2, 0) is 6.42 Å². The summed E-state index contributed by atoms with van der Waals surface area (Å²) in [4.78, 5) is 2.37. The lowest BCUT2D eigenvalue weighted by atomic mass is 9.87. The summed E-state index contributed by atoms with van der Waals surface area (Å²) in [6.45, 7) is 6.19. The SMILES string of the molecule is CC(C)N1CCCC(O)(Cc2cccc(Cl)c2F)CC1. The normalized spacial score (nSPS) is 24.9. The van der Waals surface area contributed by atoms with Crippen LogP contribution in [-0.4, -0.2) is 34.7 Å². The molecule has 1 atom stereocenters. The fourth-order valence-corrected chi connectivity index (χ4v) is 3.13. The van der Waals surface area contributed by atoms with Crippen molar-refractivity contribution in [3.8, 4) is 0 Å². The van der Waals surface area contributed by atoms with Crippen LogP contribution in [0.5, 0.6) is 0 Å². The van der Waals surface area contributed by atoms with Crippen LogP contribution in [0.15, 0.2) is 18.2 Å². The molecule has 1 aromatic rings. The molecule has 0 saturated carbocycles. The van der Waals surface area contributed by atoms with Gasteiger partial charge in [0.2, 0.25) is 0 Å². The third-order valence-corrected chi connectivity index (χ3v) is 4.53. The molecule has 0 aromatic heterocycles. The van der Waals surface area contributed by atoms with Gasteiger partial charge in [-0.15, -0.1) is 0 Å². The van der Waals surface area contributed by atoms with Gasteiger partial charge in [0.25, 0.3) is 0 Å². The Kier molecular flexibility index (Phi) is 5.05. The molecule has 1 heterocycles. The van der Waals surface area contributed by atoms with E-state index in [0.29, 0.717) is 30.9 Å². The van der Waals surface area contributed by atoms with Gasteiger partial charge in [0.15, 0.2) is 0 Å². The third-order valence-electron chi connectivity index (χ3n) is 4.23. The Morgan fingerprint density at radius 3 is 2.80 bits per heavy atom. The molecule has 1 unspecified atom stereocenters. The van der Waals surface area contributed by atoms with Crippen LogP contribution < -0.4 is 0 Å². The molecular formula is C16H23ClFNO. The van der Waals surface area contributed by atoms with E-state index in [2.05, 4.69) is 18.7 Å². The van der Waals surface area contributed by atoms with Gasteiger partial charge in [-0.1, -0.05) is 23.7 Å². The first-order valence-corrected chi connectivity index (χ1v) is 7.68. The molecule has 1 N–H and O–H groups in total. The summed E-state index contributed by atoms with van der Waals surface area (Å²) >= 11 is 5.81. The molecular weight excluding hydrogens is 277 g/mol. The van der Waals surface area contributed by atoms with Gasteiger partial charge < -0.3 is 10.0 Å². The third kappa shape index (κ3) is 3.72. The Labute approximate surface area is 125 Å². The van der Waals surface area contributed by atoms with Crippen LogP contribution in [0.2, 0.25) is 5.02 Å². The zero-order chi connectivity index (χ0) is 14.8. The molecule has 1 aliphatic rings. The van der Waals surface area contributed by atoms with Crippen molar-refractivity contribution < 1.29 is 9.50 Å². The highest BCUT2D eigenvalue weighted by Gasteiger charge is 2.31. The van der Waals surface area contributed by atoms with Crippen molar-refractivity contribution in [2.24, 2.45) is 0 Å². The predicted octanol–water partition coefficient (Wildman–Crippen LogP) is 3.65. The second kappa shape index (κ2) is 6.42. The summed E-state index contributed by atoms with van der Waals surface area (Å²) in [6, 6.07) is 5.48. The smallest absolute Gasteiger partial charge is 0.145 e. The zero-order valence-corrected chi connectivity index (χ0v) is 13.0. The molecule has 0 radical (unpaired) electrons. The van der Waals surface area contributed by atoms with Crippen LogP contribution in [0.4, 0.5) is 4.39 Å². The average Bonchev–Trinajstić information content (AvgIpc) is 2.57. The molecule has 0 bridgehead atoms. The van der Waals surface area contributed by atoms with E-state index in [1.807, 2.05) is 0 Å². The van der Waals surface area contributed by atoms with Crippen molar-refractivity contribution in [1.29, 1.82) is 0 Å². The Morgan fingerprint density at radius 2 is 2.10 bits per heavy atom. The van der Waals surface area contributed by atoms with Crippen molar-refractivity contribution in [3.05, 3.63) is 34.6 Å². The van der Waals surface area contributed by atoms with Gasteiger partial charge in [-0.3, -0.25) is 0 Å². The van der Waals surface area contributed by atoms with Gasteiger partial charge in [-0.25, -0.2) is 4.39 Å². The Bertz CT molecular complexity index is 466. The van der Waals surface area contributed by atoms with Crippen molar-refractivity contribution in [2.45, 2.75) is 51.2 Å². The monoisotopic (exact) mass is 299 g/mol. The molecule has 0 amide bonds. The number of hydrogen-bond acceptors (Lipinski definition) is 2. The Hall–Kier alpha value is -0.640. The Balaban J connectivity index is 2.09. The van der Waals surface area contributed by atoms with E-state index in [1.165, 1.54) is 6.07 Å². The van der Waals surface area contributed by atoms with Crippen LogP contribution in [0.1, 0.15) is 38.7 Å². The lowest BCUT2D eigenvalue weighted by Gasteiger charge is -2.28. The van der Waals surface area contributed by atoms with Crippen LogP contribution in [0.3, 0.4) is 0 Å². The summed E-state index contributed by atoms with van der Waals surface area (Å²) in [7, 11) is 0. The maximum atomic E-state index is 14.0.